The number of carbonyl (C=O) groups excluding carboxylic acids is 1. The SMILES string of the molecule is CCOC(=O)N1CCc2[nH]nc(-c3cccc(Cl)c3)c2C1. The standard InChI is InChI=1S/C15H16ClN3O2/c1-2-21-15(20)19-7-6-13-12(9-19)14(18-17-13)10-4-3-5-11(16)8-10/h3-5,8H,2,6-7,9H2,1H3,(H,17,18). The number of nitrogens with one attached hydrogen (secondary N) is 1. The molecule has 6 heteroatoms. The van der Waals surface area contributed by atoms with Crippen LogP contribution in [-0.4, -0.2) is 34.3 Å². The maximum absolute atomic E-state index is 11.9. The number of amides is 1. The third-order valence-corrected chi connectivity index (χ3v) is 3.79. The molecule has 1 N–H and O–H groups in total. The van der Waals surface area contributed by atoms with E-state index < -0.39 is 0 Å². The fraction of sp³-hybridized carbons (Fsp3) is 0.333. The molecule has 21 heavy (non-hydrogen) atoms. The van der Waals surface area contributed by atoms with Crippen molar-refractivity contribution in [2.75, 3.05) is 13.2 Å². The molecular formula is C15H16ClN3O2. The number of hydrogen-bond acceptors (Lipinski definition) is 3. The molecule has 1 aliphatic heterocycles. The Balaban J connectivity index is 1.91. The number of ether oxygens (including phenoxy) is 1. The molecule has 110 valence electrons. The second kappa shape index (κ2) is 5.77. The molecule has 1 aromatic carbocycles. The summed E-state index contributed by atoms with van der Waals surface area (Å²) in [6, 6.07) is 7.56. The number of fused-ring (bicyclic) bond motifs is 1. The Labute approximate surface area is 127 Å². The predicted molar refractivity (Wildman–Crippen MR) is 80.2 cm³/mol. The highest BCUT2D eigenvalue weighted by molar-refractivity contribution is 6.30. The van der Waals surface area contributed by atoms with Gasteiger partial charge in [-0.15, -0.1) is 0 Å². The van der Waals surface area contributed by atoms with Crippen LogP contribution < -0.4 is 0 Å². The molecule has 0 aliphatic carbocycles. The Hall–Kier alpha value is -2.01. The van der Waals surface area contributed by atoms with Gasteiger partial charge in [0, 0.05) is 34.8 Å². The molecule has 0 unspecified atom stereocenters. The zero-order valence-corrected chi connectivity index (χ0v) is 12.5. The minimum Gasteiger partial charge on any atom is -0.450 e. The number of benzene rings is 1. The Morgan fingerprint density at radius 2 is 2.38 bits per heavy atom. The second-order valence-corrected chi connectivity index (χ2v) is 5.35. The van der Waals surface area contributed by atoms with Gasteiger partial charge >= 0.3 is 6.09 Å². The summed E-state index contributed by atoms with van der Waals surface area (Å²) in [6.45, 7) is 3.34. The van der Waals surface area contributed by atoms with Gasteiger partial charge in [-0.2, -0.15) is 5.10 Å². The minimum absolute atomic E-state index is 0.276. The summed E-state index contributed by atoms with van der Waals surface area (Å²) < 4.78 is 5.07. The van der Waals surface area contributed by atoms with E-state index in [1.165, 1.54) is 0 Å². The van der Waals surface area contributed by atoms with Gasteiger partial charge in [0.15, 0.2) is 0 Å². The van der Waals surface area contributed by atoms with Crippen molar-refractivity contribution in [3.8, 4) is 11.3 Å². The fourth-order valence-electron chi connectivity index (χ4n) is 2.54. The number of carbonyl (C=O) groups is 1. The molecule has 0 spiro atoms. The highest BCUT2D eigenvalue weighted by Crippen LogP contribution is 2.29. The molecule has 3 rings (SSSR count). The monoisotopic (exact) mass is 305 g/mol. The first-order valence-electron chi connectivity index (χ1n) is 6.92. The smallest absolute Gasteiger partial charge is 0.410 e. The molecule has 0 radical (unpaired) electrons. The summed E-state index contributed by atoms with van der Waals surface area (Å²) in [7, 11) is 0. The van der Waals surface area contributed by atoms with E-state index in [1.54, 1.807) is 4.90 Å². The highest BCUT2D eigenvalue weighted by atomic mass is 35.5. The van der Waals surface area contributed by atoms with E-state index in [0.717, 1.165) is 28.9 Å². The summed E-state index contributed by atoms with van der Waals surface area (Å²) in [4.78, 5) is 13.6. The molecule has 0 fully saturated rings. The Morgan fingerprint density at radius 3 is 3.14 bits per heavy atom. The number of aromatic amines is 1. The number of nitrogens with zero attached hydrogens (tertiary/aromatic N) is 2. The van der Waals surface area contributed by atoms with Crippen molar-refractivity contribution in [1.29, 1.82) is 0 Å². The quantitative estimate of drug-likeness (QED) is 0.926. The van der Waals surface area contributed by atoms with Crippen LogP contribution in [0.25, 0.3) is 11.3 Å². The van der Waals surface area contributed by atoms with Gasteiger partial charge in [-0.05, 0) is 19.1 Å². The van der Waals surface area contributed by atoms with Gasteiger partial charge in [0.05, 0.1) is 18.8 Å². The van der Waals surface area contributed by atoms with Crippen LogP contribution in [0, 0.1) is 0 Å². The summed E-state index contributed by atoms with van der Waals surface area (Å²) >= 11 is 6.04. The number of rotatable bonds is 2. The van der Waals surface area contributed by atoms with Crippen molar-refractivity contribution >= 4 is 17.7 Å². The summed E-state index contributed by atoms with van der Waals surface area (Å²) in [6.07, 6.45) is 0.475. The molecule has 2 aromatic rings. The van der Waals surface area contributed by atoms with Crippen molar-refractivity contribution < 1.29 is 9.53 Å². The van der Waals surface area contributed by atoms with Crippen LogP contribution in [0.1, 0.15) is 18.2 Å². The van der Waals surface area contributed by atoms with Gasteiger partial charge in [0.25, 0.3) is 0 Å². The third kappa shape index (κ3) is 2.74. The molecular weight excluding hydrogens is 290 g/mol. The zero-order chi connectivity index (χ0) is 14.8. The van der Waals surface area contributed by atoms with Crippen LogP contribution >= 0.6 is 11.6 Å². The van der Waals surface area contributed by atoms with Crippen molar-refractivity contribution in [2.24, 2.45) is 0 Å². The van der Waals surface area contributed by atoms with Gasteiger partial charge in [0.1, 0.15) is 0 Å². The summed E-state index contributed by atoms with van der Waals surface area (Å²) in [5.74, 6) is 0. The number of hydrogen-bond donors (Lipinski definition) is 1. The van der Waals surface area contributed by atoms with E-state index in [1.807, 2.05) is 31.2 Å². The van der Waals surface area contributed by atoms with Gasteiger partial charge in [-0.1, -0.05) is 23.7 Å². The van der Waals surface area contributed by atoms with Crippen LogP contribution in [0.5, 0.6) is 0 Å². The number of H-pyrrole nitrogens is 1. The first-order chi connectivity index (χ1) is 10.2. The van der Waals surface area contributed by atoms with Crippen molar-refractivity contribution in [1.82, 2.24) is 15.1 Å². The Bertz CT molecular complexity index is 669. The normalized spacial score (nSPS) is 13.9. The van der Waals surface area contributed by atoms with E-state index in [9.17, 15) is 4.79 Å². The van der Waals surface area contributed by atoms with Gasteiger partial charge in [-0.3, -0.25) is 5.10 Å². The number of halogens is 1. The van der Waals surface area contributed by atoms with Gasteiger partial charge in [0.2, 0.25) is 0 Å². The summed E-state index contributed by atoms with van der Waals surface area (Å²) in [5.41, 5.74) is 3.91. The molecule has 5 nitrogen and oxygen atoms in total. The number of aromatic nitrogens is 2. The fourth-order valence-corrected chi connectivity index (χ4v) is 2.73. The van der Waals surface area contributed by atoms with E-state index in [-0.39, 0.29) is 6.09 Å². The lowest BCUT2D eigenvalue weighted by Crippen LogP contribution is -2.36. The minimum atomic E-state index is -0.276. The average Bonchev–Trinajstić information content (AvgIpc) is 2.90. The lowest BCUT2D eigenvalue weighted by Gasteiger charge is -2.26. The van der Waals surface area contributed by atoms with Gasteiger partial charge < -0.3 is 9.64 Å². The van der Waals surface area contributed by atoms with Crippen LogP contribution in [0.3, 0.4) is 0 Å². The van der Waals surface area contributed by atoms with Crippen molar-refractivity contribution in [3.63, 3.8) is 0 Å². The van der Waals surface area contributed by atoms with Crippen LogP contribution in [0.15, 0.2) is 24.3 Å². The molecule has 2 heterocycles. The summed E-state index contributed by atoms with van der Waals surface area (Å²) in [5, 5.41) is 8.12. The van der Waals surface area contributed by atoms with E-state index in [2.05, 4.69) is 10.2 Å². The lowest BCUT2D eigenvalue weighted by molar-refractivity contribution is 0.102. The first kappa shape index (κ1) is 13.9. The molecule has 1 aromatic heterocycles. The van der Waals surface area contributed by atoms with Crippen molar-refractivity contribution in [2.45, 2.75) is 19.9 Å². The highest BCUT2D eigenvalue weighted by Gasteiger charge is 2.26. The van der Waals surface area contributed by atoms with Crippen molar-refractivity contribution in [3.05, 3.63) is 40.5 Å². The third-order valence-electron chi connectivity index (χ3n) is 3.56. The second-order valence-electron chi connectivity index (χ2n) is 4.91. The maximum Gasteiger partial charge on any atom is 0.410 e. The van der Waals surface area contributed by atoms with E-state index in [4.69, 9.17) is 16.3 Å². The molecule has 0 saturated carbocycles. The molecule has 0 atom stereocenters. The topological polar surface area (TPSA) is 58.2 Å². The lowest BCUT2D eigenvalue weighted by atomic mass is 10.0. The van der Waals surface area contributed by atoms with E-state index in [0.29, 0.717) is 24.7 Å². The van der Waals surface area contributed by atoms with E-state index >= 15 is 0 Å². The predicted octanol–water partition coefficient (Wildman–Crippen LogP) is 3.24. The molecule has 1 aliphatic rings. The Morgan fingerprint density at radius 1 is 1.52 bits per heavy atom. The molecule has 0 bridgehead atoms. The van der Waals surface area contributed by atoms with Crippen LogP contribution in [0.4, 0.5) is 4.79 Å². The van der Waals surface area contributed by atoms with Crippen LogP contribution in [-0.2, 0) is 17.7 Å². The zero-order valence-electron chi connectivity index (χ0n) is 11.7. The first-order valence-corrected chi connectivity index (χ1v) is 7.30. The largest absolute Gasteiger partial charge is 0.450 e. The average molecular weight is 306 g/mol. The molecule has 0 saturated heterocycles. The Kier molecular flexibility index (Phi) is 3.84. The maximum atomic E-state index is 11.9. The van der Waals surface area contributed by atoms with Gasteiger partial charge in [-0.25, -0.2) is 4.79 Å². The van der Waals surface area contributed by atoms with Crippen LogP contribution in [0.2, 0.25) is 5.02 Å². The molecule has 1 amide bonds.